The number of hydrogen-bond donors (Lipinski definition) is 1. The fraction of sp³-hybridized carbons (Fsp3) is 0.200. The highest BCUT2D eigenvalue weighted by Crippen LogP contribution is 2.34. The van der Waals surface area contributed by atoms with Gasteiger partial charge in [0.2, 0.25) is 0 Å². The number of aromatic nitrogens is 2. The number of alkyl halides is 1. The minimum absolute atomic E-state index is 0.126. The molecule has 1 amide bonds. The van der Waals surface area contributed by atoms with E-state index in [-0.39, 0.29) is 12.2 Å². The molecule has 3 rings (SSSR count). The Morgan fingerprint density at radius 3 is 3.10 bits per heavy atom. The first kappa shape index (κ1) is 13.2. The van der Waals surface area contributed by atoms with Crippen molar-refractivity contribution in [2.75, 3.05) is 6.67 Å². The van der Waals surface area contributed by atoms with Crippen LogP contribution in [0.25, 0.3) is 11.4 Å². The highest BCUT2D eigenvalue weighted by Gasteiger charge is 2.25. The van der Waals surface area contributed by atoms with Gasteiger partial charge in [0.25, 0.3) is 5.91 Å². The van der Waals surface area contributed by atoms with Crippen molar-refractivity contribution < 1.29 is 13.9 Å². The first-order valence-electron chi connectivity index (χ1n) is 6.33. The van der Waals surface area contributed by atoms with E-state index in [1.807, 2.05) is 0 Å². The Hall–Kier alpha value is -2.81. The fourth-order valence-electron chi connectivity index (χ4n) is 2.30. The highest BCUT2D eigenvalue weighted by molar-refractivity contribution is 5.91. The number of ether oxygens (including phenoxy) is 1. The molecule has 2 aromatic rings. The third kappa shape index (κ3) is 2.23. The molecule has 6 heteroatoms. The molecule has 21 heavy (non-hydrogen) atoms. The van der Waals surface area contributed by atoms with Crippen LogP contribution in [0.5, 0.6) is 5.75 Å². The summed E-state index contributed by atoms with van der Waals surface area (Å²) in [5.74, 6) is 2.86. The van der Waals surface area contributed by atoms with Gasteiger partial charge in [-0.3, -0.25) is 4.79 Å². The molecule has 2 heterocycles. The molecule has 1 atom stereocenters. The van der Waals surface area contributed by atoms with Gasteiger partial charge in [-0.25, -0.2) is 9.37 Å². The lowest BCUT2D eigenvalue weighted by atomic mass is 10.1. The zero-order chi connectivity index (χ0) is 15.0. The highest BCUT2D eigenvalue weighted by atomic mass is 19.1. The number of halogens is 1. The van der Waals surface area contributed by atoms with Gasteiger partial charge >= 0.3 is 0 Å². The largest absolute Gasteiger partial charge is 0.485 e. The van der Waals surface area contributed by atoms with Gasteiger partial charge in [0.05, 0.1) is 12.1 Å². The lowest BCUT2D eigenvalue weighted by molar-refractivity contribution is 0.0995. The minimum atomic E-state index is -0.656. The molecule has 0 aliphatic carbocycles. The number of rotatable bonds is 2. The van der Waals surface area contributed by atoms with Crippen molar-refractivity contribution in [3.8, 4) is 29.5 Å². The van der Waals surface area contributed by atoms with E-state index in [9.17, 15) is 9.18 Å². The molecular formula is C15H12FN3O2. The smallest absolute Gasteiger partial charge is 0.268 e. The van der Waals surface area contributed by atoms with Gasteiger partial charge in [-0.2, -0.15) is 0 Å². The SMILES string of the molecule is C#Cc1ccc2c(c1)-c1nc(C(N)=O)cn1CC(CF)O2. The van der Waals surface area contributed by atoms with Crippen LogP contribution < -0.4 is 10.5 Å². The first-order valence-corrected chi connectivity index (χ1v) is 6.33. The quantitative estimate of drug-likeness (QED) is 0.847. The monoisotopic (exact) mass is 285 g/mol. The average molecular weight is 285 g/mol. The number of nitrogens with zero attached hydrogens (tertiary/aromatic N) is 2. The Labute approximate surface area is 120 Å². The number of amides is 1. The lowest BCUT2D eigenvalue weighted by Gasteiger charge is -2.14. The summed E-state index contributed by atoms with van der Waals surface area (Å²) < 4.78 is 20.4. The molecule has 106 valence electrons. The predicted octanol–water partition coefficient (Wildman–Crippen LogP) is 1.36. The molecule has 1 unspecified atom stereocenters. The molecule has 5 nitrogen and oxygen atoms in total. The number of nitrogens with two attached hydrogens (primary N) is 1. The van der Waals surface area contributed by atoms with Gasteiger partial charge in [0.1, 0.15) is 30.0 Å². The normalized spacial score (nSPS) is 16.1. The maximum atomic E-state index is 13.1. The molecule has 0 spiro atoms. The second-order valence-electron chi connectivity index (χ2n) is 4.72. The van der Waals surface area contributed by atoms with Crippen molar-refractivity contribution in [2.45, 2.75) is 12.6 Å². The van der Waals surface area contributed by atoms with Crippen molar-refractivity contribution in [1.82, 2.24) is 9.55 Å². The van der Waals surface area contributed by atoms with Crippen molar-refractivity contribution in [1.29, 1.82) is 0 Å². The van der Waals surface area contributed by atoms with Crippen LogP contribution in [0.4, 0.5) is 4.39 Å². The summed E-state index contributed by atoms with van der Waals surface area (Å²) >= 11 is 0. The van der Waals surface area contributed by atoms with E-state index < -0.39 is 18.7 Å². The molecule has 0 radical (unpaired) electrons. The van der Waals surface area contributed by atoms with Crippen molar-refractivity contribution in [2.24, 2.45) is 5.73 Å². The number of carbonyl (C=O) groups excluding carboxylic acids is 1. The first-order chi connectivity index (χ1) is 10.1. The topological polar surface area (TPSA) is 70.1 Å². The van der Waals surface area contributed by atoms with Crippen molar-refractivity contribution in [3.63, 3.8) is 0 Å². The van der Waals surface area contributed by atoms with Crippen LogP contribution in [0.3, 0.4) is 0 Å². The summed E-state index contributed by atoms with van der Waals surface area (Å²) in [6.07, 6.45) is 6.24. The zero-order valence-corrected chi connectivity index (χ0v) is 11.0. The average Bonchev–Trinajstić information content (AvgIpc) is 2.84. The van der Waals surface area contributed by atoms with Crippen LogP contribution in [-0.4, -0.2) is 28.2 Å². The summed E-state index contributed by atoms with van der Waals surface area (Å²) in [5, 5.41) is 0. The van der Waals surface area contributed by atoms with E-state index in [4.69, 9.17) is 16.9 Å². The van der Waals surface area contributed by atoms with Gasteiger partial charge < -0.3 is 15.0 Å². The second kappa shape index (κ2) is 4.94. The van der Waals surface area contributed by atoms with E-state index in [1.165, 1.54) is 6.20 Å². The van der Waals surface area contributed by atoms with Crippen LogP contribution in [-0.2, 0) is 6.54 Å². The number of benzene rings is 1. The van der Waals surface area contributed by atoms with Crippen molar-refractivity contribution >= 4 is 5.91 Å². The summed E-state index contributed by atoms with van der Waals surface area (Å²) in [6.45, 7) is -0.411. The molecule has 1 aromatic carbocycles. The number of hydrogen-bond acceptors (Lipinski definition) is 3. The van der Waals surface area contributed by atoms with Gasteiger partial charge in [-0.15, -0.1) is 6.42 Å². The Bertz CT molecular complexity index is 761. The molecule has 1 aromatic heterocycles. The molecule has 0 saturated carbocycles. The maximum absolute atomic E-state index is 13.1. The number of imidazole rings is 1. The van der Waals surface area contributed by atoms with E-state index in [0.29, 0.717) is 22.7 Å². The predicted molar refractivity (Wildman–Crippen MR) is 74.5 cm³/mol. The van der Waals surface area contributed by atoms with Gasteiger partial charge in [-0.1, -0.05) is 5.92 Å². The number of terminal acetylenes is 1. The van der Waals surface area contributed by atoms with Crippen LogP contribution in [0, 0.1) is 12.3 Å². The minimum Gasteiger partial charge on any atom is -0.485 e. The second-order valence-corrected chi connectivity index (χ2v) is 4.72. The lowest BCUT2D eigenvalue weighted by Crippen LogP contribution is -2.23. The number of carbonyl (C=O) groups is 1. The summed E-state index contributed by atoms with van der Waals surface area (Å²) in [4.78, 5) is 15.5. The van der Waals surface area contributed by atoms with E-state index >= 15 is 0 Å². The molecule has 0 saturated heterocycles. The molecule has 2 N–H and O–H groups in total. The Balaban J connectivity index is 2.22. The summed E-state index contributed by atoms with van der Waals surface area (Å²) in [6, 6.07) is 5.11. The van der Waals surface area contributed by atoms with E-state index in [1.54, 1.807) is 22.8 Å². The number of primary amides is 1. The standard InChI is InChI=1S/C15H12FN3O2/c1-2-9-3-4-13-11(5-9)15-18-12(14(17)20)8-19(15)7-10(6-16)21-13/h1,3-5,8,10H,6-7H2,(H2,17,20). The van der Waals surface area contributed by atoms with Crippen LogP contribution >= 0.6 is 0 Å². The molecule has 0 fully saturated rings. The Kier molecular flexibility index (Phi) is 3.10. The molecular weight excluding hydrogens is 273 g/mol. The van der Waals surface area contributed by atoms with E-state index in [2.05, 4.69) is 10.9 Å². The molecule has 0 bridgehead atoms. The van der Waals surface area contributed by atoms with Crippen LogP contribution in [0.15, 0.2) is 24.4 Å². The third-order valence-electron chi connectivity index (χ3n) is 3.28. The van der Waals surface area contributed by atoms with E-state index in [0.717, 1.165) is 0 Å². The van der Waals surface area contributed by atoms with Crippen molar-refractivity contribution in [3.05, 3.63) is 35.7 Å². The maximum Gasteiger partial charge on any atom is 0.268 e. The van der Waals surface area contributed by atoms with Gasteiger partial charge in [0.15, 0.2) is 0 Å². The number of fused-ring (bicyclic) bond motifs is 3. The zero-order valence-electron chi connectivity index (χ0n) is 11.0. The molecule has 1 aliphatic rings. The Morgan fingerprint density at radius 2 is 2.43 bits per heavy atom. The van der Waals surface area contributed by atoms with Gasteiger partial charge in [0, 0.05) is 11.8 Å². The van der Waals surface area contributed by atoms with Crippen LogP contribution in [0.1, 0.15) is 16.1 Å². The summed E-state index contributed by atoms with van der Waals surface area (Å²) in [5.41, 5.74) is 6.65. The fourth-order valence-corrected chi connectivity index (χ4v) is 2.30. The third-order valence-corrected chi connectivity index (χ3v) is 3.28. The Morgan fingerprint density at radius 1 is 1.62 bits per heavy atom. The van der Waals surface area contributed by atoms with Gasteiger partial charge in [-0.05, 0) is 18.2 Å². The summed E-state index contributed by atoms with van der Waals surface area (Å²) in [7, 11) is 0. The van der Waals surface area contributed by atoms with Crippen LogP contribution in [0.2, 0.25) is 0 Å². The molecule has 1 aliphatic heterocycles.